The fourth-order valence-electron chi connectivity index (χ4n) is 2.94. The van der Waals surface area contributed by atoms with E-state index in [1.165, 1.54) is 19.3 Å². The van der Waals surface area contributed by atoms with E-state index in [9.17, 15) is 4.79 Å². The highest BCUT2D eigenvalue weighted by molar-refractivity contribution is 5.74. The minimum atomic E-state index is -0.0873. The number of carbonyl (C=O) groups is 1. The zero-order valence-electron chi connectivity index (χ0n) is 12.4. The molecule has 3 rings (SSSR count). The molecule has 0 saturated heterocycles. The Labute approximate surface area is 124 Å². The lowest BCUT2D eigenvalue weighted by atomic mass is 9.96. The number of urea groups is 1. The second-order valence-corrected chi connectivity index (χ2v) is 5.82. The third kappa shape index (κ3) is 3.35. The van der Waals surface area contributed by atoms with Gasteiger partial charge in [-0.2, -0.15) is 0 Å². The van der Waals surface area contributed by atoms with Crippen molar-refractivity contribution in [1.82, 2.24) is 20.0 Å². The lowest BCUT2D eigenvalue weighted by molar-refractivity contribution is 0.232. The lowest BCUT2D eigenvalue weighted by Crippen LogP contribution is -2.42. The van der Waals surface area contributed by atoms with Crippen LogP contribution in [0.4, 0.5) is 4.79 Å². The number of aromatic nitrogens is 2. The number of nitrogens with one attached hydrogen (secondary N) is 2. The Balaban J connectivity index is 1.55. The van der Waals surface area contributed by atoms with Crippen LogP contribution in [-0.2, 0) is 6.54 Å². The van der Waals surface area contributed by atoms with Gasteiger partial charge in [-0.1, -0.05) is 25.3 Å². The van der Waals surface area contributed by atoms with E-state index in [2.05, 4.69) is 15.6 Å². The monoisotopic (exact) mass is 286 g/mol. The van der Waals surface area contributed by atoms with Crippen molar-refractivity contribution in [3.8, 4) is 0 Å². The van der Waals surface area contributed by atoms with Crippen molar-refractivity contribution in [2.24, 2.45) is 0 Å². The predicted octanol–water partition coefficient (Wildman–Crippen LogP) is 2.77. The molecule has 0 aromatic carbocycles. The molecule has 0 atom stereocenters. The van der Waals surface area contributed by atoms with Crippen LogP contribution in [0, 0.1) is 6.92 Å². The zero-order valence-corrected chi connectivity index (χ0v) is 12.4. The Morgan fingerprint density at radius 1 is 1.38 bits per heavy atom. The van der Waals surface area contributed by atoms with Gasteiger partial charge >= 0.3 is 6.03 Å². The van der Waals surface area contributed by atoms with Crippen LogP contribution < -0.4 is 10.6 Å². The lowest BCUT2D eigenvalue weighted by Gasteiger charge is -2.22. The summed E-state index contributed by atoms with van der Waals surface area (Å²) in [7, 11) is 0. The average molecular weight is 286 g/mol. The largest absolute Gasteiger partial charge is 0.335 e. The van der Waals surface area contributed by atoms with Crippen molar-refractivity contribution in [2.45, 2.75) is 51.6 Å². The van der Waals surface area contributed by atoms with Gasteiger partial charge in [0, 0.05) is 18.4 Å². The summed E-state index contributed by atoms with van der Waals surface area (Å²) in [6.45, 7) is 2.50. The highest BCUT2D eigenvalue weighted by Crippen LogP contribution is 2.17. The molecule has 0 radical (unpaired) electrons. The van der Waals surface area contributed by atoms with Crippen LogP contribution in [0.2, 0.25) is 0 Å². The number of amides is 2. The summed E-state index contributed by atoms with van der Waals surface area (Å²) in [6, 6.07) is 4.28. The minimum Gasteiger partial charge on any atom is -0.335 e. The molecule has 0 aliphatic heterocycles. The van der Waals surface area contributed by atoms with Crippen LogP contribution in [0.1, 0.15) is 43.4 Å². The average Bonchev–Trinajstić information content (AvgIpc) is 2.91. The van der Waals surface area contributed by atoms with Gasteiger partial charge in [-0.3, -0.25) is 0 Å². The number of aryl methyl sites for hydroxylation is 1. The molecule has 0 spiro atoms. The Morgan fingerprint density at radius 2 is 2.19 bits per heavy atom. The standard InChI is InChI=1S/C16H22N4O/c1-12-6-5-9-20-11-14(18-15(12)20)10-17-16(21)19-13-7-3-2-4-8-13/h5-6,9,11,13H,2-4,7-8,10H2,1H3,(H2,17,19,21). The topological polar surface area (TPSA) is 58.4 Å². The summed E-state index contributed by atoms with van der Waals surface area (Å²) in [5.74, 6) is 0. The SMILES string of the molecule is Cc1cccn2cc(CNC(=O)NC3CCCCC3)nc12. The van der Waals surface area contributed by atoms with E-state index < -0.39 is 0 Å². The summed E-state index contributed by atoms with van der Waals surface area (Å²) >= 11 is 0. The molecule has 2 aromatic rings. The molecule has 1 aliphatic carbocycles. The van der Waals surface area contributed by atoms with E-state index in [0.29, 0.717) is 12.6 Å². The number of carbonyl (C=O) groups excluding carboxylic acids is 1. The molecule has 112 valence electrons. The van der Waals surface area contributed by atoms with Crippen molar-refractivity contribution in [1.29, 1.82) is 0 Å². The third-order valence-electron chi connectivity index (χ3n) is 4.10. The molecule has 21 heavy (non-hydrogen) atoms. The number of imidazole rings is 1. The number of fused-ring (bicyclic) bond motifs is 1. The van der Waals surface area contributed by atoms with Crippen LogP contribution >= 0.6 is 0 Å². The second-order valence-electron chi connectivity index (χ2n) is 5.82. The van der Waals surface area contributed by atoms with Gasteiger partial charge in [-0.05, 0) is 31.4 Å². The molecular formula is C16H22N4O. The predicted molar refractivity (Wildman–Crippen MR) is 82.2 cm³/mol. The Hall–Kier alpha value is -2.04. The fraction of sp³-hybridized carbons (Fsp3) is 0.500. The number of hydrogen-bond donors (Lipinski definition) is 2. The molecule has 5 nitrogen and oxygen atoms in total. The van der Waals surface area contributed by atoms with Gasteiger partial charge in [-0.15, -0.1) is 0 Å². The smallest absolute Gasteiger partial charge is 0.315 e. The first-order valence-electron chi connectivity index (χ1n) is 7.70. The van der Waals surface area contributed by atoms with Crippen molar-refractivity contribution in [3.63, 3.8) is 0 Å². The quantitative estimate of drug-likeness (QED) is 0.911. The molecule has 0 unspecified atom stereocenters. The van der Waals surface area contributed by atoms with Crippen molar-refractivity contribution >= 4 is 11.7 Å². The Morgan fingerprint density at radius 3 is 2.95 bits per heavy atom. The molecule has 2 amide bonds. The summed E-state index contributed by atoms with van der Waals surface area (Å²) in [5, 5.41) is 5.95. The maximum absolute atomic E-state index is 11.9. The maximum atomic E-state index is 11.9. The summed E-state index contributed by atoms with van der Waals surface area (Å²) in [4.78, 5) is 16.5. The fourth-order valence-corrected chi connectivity index (χ4v) is 2.94. The van der Waals surface area contributed by atoms with E-state index in [0.717, 1.165) is 29.7 Å². The van der Waals surface area contributed by atoms with Gasteiger partial charge in [0.2, 0.25) is 0 Å². The summed E-state index contributed by atoms with van der Waals surface area (Å²) in [6.07, 6.45) is 9.86. The number of rotatable bonds is 3. The molecule has 1 fully saturated rings. The Bertz CT molecular complexity index is 628. The first-order chi connectivity index (χ1) is 10.2. The molecule has 2 aromatic heterocycles. The van der Waals surface area contributed by atoms with Crippen molar-refractivity contribution < 1.29 is 4.79 Å². The van der Waals surface area contributed by atoms with Gasteiger partial charge < -0.3 is 15.0 Å². The molecule has 2 heterocycles. The van der Waals surface area contributed by atoms with Crippen LogP contribution in [-0.4, -0.2) is 21.5 Å². The van der Waals surface area contributed by atoms with Crippen LogP contribution in [0.15, 0.2) is 24.5 Å². The summed E-state index contributed by atoms with van der Waals surface area (Å²) in [5.41, 5.74) is 2.96. The first kappa shape index (κ1) is 13.9. The molecule has 0 bridgehead atoms. The van der Waals surface area contributed by atoms with Crippen LogP contribution in [0.25, 0.3) is 5.65 Å². The van der Waals surface area contributed by atoms with E-state index in [4.69, 9.17) is 0 Å². The van der Waals surface area contributed by atoms with Crippen molar-refractivity contribution in [2.75, 3.05) is 0 Å². The highest BCUT2D eigenvalue weighted by Gasteiger charge is 2.15. The van der Waals surface area contributed by atoms with E-state index in [-0.39, 0.29) is 6.03 Å². The van der Waals surface area contributed by atoms with Gasteiger partial charge in [0.05, 0.1) is 12.2 Å². The van der Waals surface area contributed by atoms with Crippen molar-refractivity contribution in [3.05, 3.63) is 35.8 Å². The molecule has 2 N–H and O–H groups in total. The molecule has 1 saturated carbocycles. The van der Waals surface area contributed by atoms with Crippen LogP contribution in [0.3, 0.4) is 0 Å². The van der Waals surface area contributed by atoms with E-state index >= 15 is 0 Å². The number of hydrogen-bond acceptors (Lipinski definition) is 2. The normalized spacial score (nSPS) is 16.0. The number of nitrogens with zero attached hydrogens (tertiary/aromatic N) is 2. The van der Waals surface area contributed by atoms with E-state index in [1.54, 1.807) is 0 Å². The first-order valence-corrected chi connectivity index (χ1v) is 7.70. The molecule has 5 heteroatoms. The third-order valence-corrected chi connectivity index (χ3v) is 4.10. The zero-order chi connectivity index (χ0) is 14.7. The minimum absolute atomic E-state index is 0.0873. The van der Waals surface area contributed by atoms with E-state index in [1.807, 2.05) is 35.9 Å². The summed E-state index contributed by atoms with van der Waals surface area (Å²) < 4.78 is 1.99. The Kier molecular flexibility index (Phi) is 4.08. The van der Waals surface area contributed by atoms with Gasteiger partial charge in [0.25, 0.3) is 0 Å². The second kappa shape index (κ2) is 6.16. The van der Waals surface area contributed by atoms with Gasteiger partial charge in [0.15, 0.2) is 0 Å². The highest BCUT2D eigenvalue weighted by atomic mass is 16.2. The molecular weight excluding hydrogens is 264 g/mol. The van der Waals surface area contributed by atoms with Gasteiger partial charge in [-0.25, -0.2) is 9.78 Å². The maximum Gasteiger partial charge on any atom is 0.315 e. The van der Waals surface area contributed by atoms with Crippen LogP contribution in [0.5, 0.6) is 0 Å². The van der Waals surface area contributed by atoms with Gasteiger partial charge in [0.1, 0.15) is 5.65 Å². The number of pyridine rings is 1. The molecule has 1 aliphatic rings.